The minimum absolute atomic E-state index is 0. The van der Waals surface area contributed by atoms with Crippen LogP contribution < -0.4 is 5.32 Å². The maximum Gasteiger partial charge on any atom is 0.262 e. The van der Waals surface area contributed by atoms with E-state index >= 15 is 0 Å². The van der Waals surface area contributed by atoms with E-state index in [0.29, 0.717) is 5.56 Å². The molecule has 1 saturated heterocycles. The molecule has 1 unspecified atom stereocenters. The van der Waals surface area contributed by atoms with Gasteiger partial charge < -0.3 is 5.32 Å². The molecule has 1 atom stereocenters. The fourth-order valence-corrected chi connectivity index (χ4v) is 2.07. The molecule has 1 heterocycles. The largest absolute Gasteiger partial charge is 0.302 e. The van der Waals surface area contributed by atoms with Gasteiger partial charge in [0.2, 0.25) is 0 Å². The van der Waals surface area contributed by atoms with Gasteiger partial charge in [-0.25, -0.2) is 13.2 Å². The van der Waals surface area contributed by atoms with Crippen LogP contribution in [0.25, 0.3) is 0 Å². The zero-order valence-electron chi connectivity index (χ0n) is 8.77. The van der Waals surface area contributed by atoms with Crippen LogP contribution in [0.15, 0.2) is 24.3 Å². The van der Waals surface area contributed by atoms with Crippen molar-refractivity contribution in [2.45, 2.75) is 24.8 Å². The van der Waals surface area contributed by atoms with Crippen LogP contribution in [0.2, 0.25) is 0 Å². The molecule has 1 aromatic carbocycles. The van der Waals surface area contributed by atoms with Gasteiger partial charge in [0.1, 0.15) is 5.82 Å². The van der Waals surface area contributed by atoms with Gasteiger partial charge in [0.15, 0.2) is 0 Å². The average molecular weight is 252 g/mol. The summed E-state index contributed by atoms with van der Waals surface area (Å²) < 4.78 is 39.6. The summed E-state index contributed by atoms with van der Waals surface area (Å²) >= 11 is 0. The van der Waals surface area contributed by atoms with Crippen LogP contribution in [0.4, 0.5) is 13.2 Å². The standard InChI is InChI=1S/C11H12F3N.ClH/c1-10(6-11(13,14)7-15-10)8-4-2-3-5-9(8)12;/h2-5,15H,6-7H2,1H3;1H. The molecule has 1 aromatic rings. The summed E-state index contributed by atoms with van der Waals surface area (Å²) in [5.74, 6) is -3.19. The first-order valence-corrected chi connectivity index (χ1v) is 4.81. The zero-order chi connectivity index (χ0) is 11.1. The first-order chi connectivity index (χ1) is 6.93. The van der Waals surface area contributed by atoms with Gasteiger partial charge in [-0.1, -0.05) is 18.2 Å². The molecular weight excluding hydrogens is 239 g/mol. The second kappa shape index (κ2) is 4.26. The van der Waals surface area contributed by atoms with Crippen molar-refractivity contribution in [2.75, 3.05) is 6.54 Å². The Kier molecular flexibility index (Phi) is 3.55. The van der Waals surface area contributed by atoms with Gasteiger partial charge in [0.05, 0.1) is 6.54 Å². The summed E-state index contributed by atoms with van der Waals surface area (Å²) in [6.07, 6.45) is -0.360. The van der Waals surface area contributed by atoms with Crippen molar-refractivity contribution in [1.82, 2.24) is 5.32 Å². The number of nitrogens with one attached hydrogen (secondary N) is 1. The lowest BCUT2D eigenvalue weighted by molar-refractivity contribution is 0.0163. The number of alkyl halides is 2. The Bertz CT molecular complexity index is 383. The molecule has 5 heteroatoms. The Morgan fingerprint density at radius 1 is 1.25 bits per heavy atom. The quantitative estimate of drug-likeness (QED) is 0.809. The van der Waals surface area contributed by atoms with Crippen LogP contribution >= 0.6 is 12.4 Å². The summed E-state index contributed by atoms with van der Waals surface area (Å²) in [6.45, 7) is 1.21. The average Bonchev–Trinajstić information content (AvgIpc) is 2.42. The third kappa shape index (κ3) is 2.33. The van der Waals surface area contributed by atoms with Crippen LogP contribution in [0.1, 0.15) is 18.9 Å². The predicted molar refractivity (Wildman–Crippen MR) is 58.6 cm³/mol. The Hall–Kier alpha value is -0.740. The number of halogens is 4. The van der Waals surface area contributed by atoms with E-state index in [-0.39, 0.29) is 18.8 Å². The van der Waals surface area contributed by atoms with E-state index in [1.54, 1.807) is 25.1 Å². The minimum atomic E-state index is -2.75. The van der Waals surface area contributed by atoms with E-state index in [9.17, 15) is 13.2 Å². The van der Waals surface area contributed by atoms with Crippen LogP contribution in [-0.4, -0.2) is 12.5 Å². The maximum atomic E-state index is 13.5. The molecule has 0 aliphatic carbocycles. The second-order valence-electron chi connectivity index (χ2n) is 4.20. The molecule has 0 radical (unpaired) electrons. The Labute approximate surface area is 98.4 Å². The molecule has 0 spiro atoms. The monoisotopic (exact) mass is 251 g/mol. The molecule has 1 aliphatic rings. The lowest BCUT2D eigenvalue weighted by atomic mass is 9.89. The topological polar surface area (TPSA) is 12.0 Å². The highest BCUT2D eigenvalue weighted by Crippen LogP contribution is 2.39. The third-order valence-electron chi connectivity index (χ3n) is 2.82. The highest BCUT2D eigenvalue weighted by atomic mass is 35.5. The summed E-state index contributed by atoms with van der Waals surface area (Å²) in [4.78, 5) is 0. The summed E-state index contributed by atoms with van der Waals surface area (Å²) in [6, 6.07) is 6.04. The van der Waals surface area contributed by atoms with Crippen LogP contribution in [-0.2, 0) is 5.54 Å². The van der Waals surface area contributed by atoms with E-state index in [1.807, 2.05) is 0 Å². The first kappa shape index (κ1) is 13.3. The van der Waals surface area contributed by atoms with Gasteiger partial charge in [-0.05, 0) is 13.0 Å². The van der Waals surface area contributed by atoms with Gasteiger partial charge in [-0.3, -0.25) is 0 Å². The van der Waals surface area contributed by atoms with Crippen LogP contribution in [0.3, 0.4) is 0 Å². The lowest BCUT2D eigenvalue weighted by Gasteiger charge is -2.25. The van der Waals surface area contributed by atoms with Crippen molar-refractivity contribution in [3.63, 3.8) is 0 Å². The maximum absolute atomic E-state index is 13.5. The zero-order valence-corrected chi connectivity index (χ0v) is 9.58. The van der Waals surface area contributed by atoms with Crippen LogP contribution in [0.5, 0.6) is 0 Å². The molecule has 0 amide bonds. The molecule has 0 bridgehead atoms. The fourth-order valence-electron chi connectivity index (χ4n) is 2.07. The number of rotatable bonds is 1. The highest BCUT2D eigenvalue weighted by molar-refractivity contribution is 5.85. The van der Waals surface area contributed by atoms with E-state index in [0.717, 1.165) is 0 Å². The highest BCUT2D eigenvalue weighted by Gasteiger charge is 2.48. The Morgan fingerprint density at radius 2 is 1.88 bits per heavy atom. The summed E-state index contributed by atoms with van der Waals surface area (Å²) in [5, 5.41) is 2.69. The van der Waals surface area contributed by atoms with E-state index in [1.165, 1.54) is 6.07 Å². The smallest absolute Gasteiger partial charge is 0.262 e. The molecule has 1 fully saturated rings. The van der Waals surface area contributed by atoms with E-state index in [4.69, 9.17) is 0 Å². The van der Waals surface area contributed by atoms with Gasteiger partial charge in [-0.2, -0.15) is 0 Å². The molecule has 0 saturated carbocycles. The van der Waals surface area contributed by atoms with Crippen molar-refractivity contribution < 1.29 is 13.2 Å². The molecular formula is C11H13ClF3N. The van der Waals surface area contributed by atoms with Gasteiger partial charge in [-0.15, -0.1) is 12.4 Å². The molecule has 0 aromatic heterocycles. The van der Waals surface area contributed by atoms with E-state index < -0.39 is 23.8 Å². The van der Waals surface area contributed by atoms with Crippen LogP contribution in [0, 0.1) is 5.82 Å². The van der Waals surface area contributed by atoms with Crippen molar-refractivity contribution in [3.8, 4) is 0 Å². The lowest BCUT2D eigenvalue weighted by Crippen LogP contribution is -2.34. The van der Waals surface area contributed by atoms with Crippen molar-refractivity contribution in [2.24, 2.45) is 0 Å². The van der Waals surface area contributed by atoms with E-state index in [2.05, 4.69) is 5.32 Å². The third-order valence-corrected chi connectivity index (χ3v) is 2.82. The second-order valence-corrected chi connectivity index (χ2v) is 4.20. The SMILES string of the molecule is CC1(c2ccccc2F)CC(F)(F)CN1.Cl. The molecule has 90 valence electrons. The Morgan fingerprint density at radius 3 is 2.38 bits per heavy atom. The Balaban J connectivity index is 0.00000128. The van der Waals surface area contributed by atoms with Gasteiger partial charge in [0, 0.05) is 17.5 Å². The molecule has 1 nitrogen and oxygen atoms in total. The van der Waals surface area contributed by atoms with Crippen molar-refractivity contribution in [3.05, 3.63) is 35.6 Å². The van der Waals surface area contributed by atoms with Gasteiger partial charge >= 0.3 is 0 Å². The molecule has 16 heavy (non-hydrogen) atoms. The predicted octanol–water partition coefficient (Wildman–Crippen LogP) is 3.09. The van der Waals surface area contributed by atoms with Gasteiger partial charge in [0.25, 0.3) is 5.92 Å². The summed E-state index contributed by atoms with van der Waals surface area (Å²) in [7, 11) is 0. The number of benzene rings is 1. The van der Waals surface area contributed by atoms with Crippen molar-refractivity contribution >= 4 is 12.4 Å². The molecule has 1 aliphatic heterocycles. The first-order valence-electron chi connectivity index (χ1n) is 4.81. The fraction of sp³-hybridized carbons (Fsp3) is 0.455. The molecule has 2 rings (SSSR count). The normalized spacial score (nSPS) is 27.5. The van der Waals surface area contributed by atoms with Crippen molar-refractivity contribution in [1.29, 1.82) is 0 Å². The number of hydrogen-bond acceptors (Lipinski definition) is 1. The molecule has 1 N–H and O–H groups in total. The number of hydrogen-bond donors (Lipinski definition) is 1. The minimum Gasteiger partial charge on any atom is -0.302 e. The summed E-state index contributed by atoms with van der Waals surface area (Å²) in [5.41, 5.74) is -0.656.